The summed E-state index contributed by atoms with van der Waals surface area (Å²) in [6.07, 6.45) is 3.34. The van der Waals surface area contributed by atoms with E-state index in [0.717, 1.165) is 30.1 Å². The molecule has 2 aromatic heterocycles. The number of nitrogens with zero attached hydrogens (tertiary/aromatic N) is 2. The van der Waals surface area contributed by atoms with Crippen molar-refractivity contribution in [2.45, 2.75) is 19.8 Å². The van der Waals surface area contributed by atoms with Gasteiger partial charge in [-0.25, -0.2) is 4.98 Å². The van der Waals surface area contributed by atoms with E-state index >= 15 is 0 Å². The third-order valence-electron chi connectivity index (χ3n) is 3.36. The van der Waals surface area contributed by atoms with Gasteiger partial charge >= 0.3 is 0 Å². The summed E-state index contributed by atoms with van der Waals surface area (Å²) in [6.45, 7) is 2.78. The molecule has 0 aliphatic carbocycles. The topological polar surface area (TPSA) is 97.0 Å². The molecule has 0 fully saturated rings. The molecule has 2 heterocycles. The van der Waals surface area contributed by atoms with Crippen LogP contribution in [0.1, 0.15) is 29.4 Å². The number of benzene rings is 1. The summed E-state index contributed by atoms with van der Waals surface area (Å²) in [7, 11) is 0. The van der Waals surface area contributed by atoms with Crippen molar-refractivity contribution in [2.75, 3.05) is 11.9 Å². The second-order valence-electron chi connectivity index (χ2n) is 5.12. The Balaban J connectivity index is 1.72. The van der Waals surface area contributed by atoms with Gasteiger partial charge in [0, 0.05) is 5.69 Å². The minimum Gasteiger partial charge on any atom is -0.494 e. The van der Waals surface area contributed by atoms with Crippen molar-refractivity contribution in [3.63, 3.8) is 0 Å². The SMILES string of the molecule is CCCCOc1ccc(NC(=O)c2snc3c(=O)[nH]cnc23)cc1. The Morgan fingerprint density at radius 3 is 2.83 bits per heavy atom. The smallest absolute Gasteiger partial charge is 0.278 e. The molecule has 0 atom stereocenters. The van der Waals surface area contributed by atoms with Gasteiger partial charge in [-0.05, 0) is 42.2 Å². The van der Waals surface area contributed by atoms with Crippen LogP contribution in [-0.4, -0.2) is 26.9 Å². The van der Waals surface area contributed by atoms with Gasteiger partial charge in [-0.2, -0.15) is 4.37 Å². The van der Waals surface area contributed by atoms with Crippen LogP contribution in [0.25, 0.3) is 11.0 Å². The number of hydrogen-bond acceptors (Lipinski definition) is 6. The lowest BCUT2D eigenvalue weighted by atomic mass is 10.3. The number of fused-ring (bicyclic) bond motifs is 1. The Morgan fingerprint density at radius 1 is 1.29 bits per heavy atom. The molecular formula is C16H16N4O3S. The van der Waals surface area contributed by atoms with Crippen LogP contribution in [0.5, 0.6) is 5.75 Å². The summed E-state index contributed by atoms with van der Waals surface area (Å²) in [5, 5.41) is 2.77. The summed E-state index contributed by atoms with van der Waals surface area (Å²) in [4.78, 5) is 30.8. The zero-order valence-corrected chi connectivity index (χ0v) is 13.9. The second kappa shape index (κ2) is 7.22. The third-order valence-corrected chi connectivity index (χ3v) is 4.19. The highest BCUT2D eigenvalue weighted by Gasteiger charge is 2.17. The molecule has 24 heavy (non-hydrogen) atoms. The van der Waals surface area contributed by atoms with Gasteiger partial charge < -0.3 is 15.0 Å². The summed E-state index contributed by atoms with van der Waals surface area (Å²) in [6, 6.07) is 7.14. The minimum absolute atomic E-state index is 0.173. The summed E-state index contributed by atoms with van der Waals surface area (Å²) >= 11 is 0.952. The second-order valence-corrected chi connectivity index (χ2v) is 5.89. The fourth-order valence-corrected chi connectivity index (χ4v) is 2.81. The van der Waals surface area contributed by atoms with Crippen LogP contribution < -0.4 is 15.6 Å². The number of nitrogens with one attached hydrogen (secondary N) is 2. The standard InChI is InChI=1S/C16H16N4O3S/c1-2-3-8-23-11-6-4-10(5-7-11)19-16(22)14-12-13(20-24-14)15(21)18-9-17-12/h4-7,9H,2-3,8H2,1H3,(H,19,22)(H,17,18,21). The maximum Gasteiger partial charge on any atom is 0.278 e. The van der Waals surface area contributed by atoms with Crippen molar-refractivity contribution < 1.29 is 9.53 Å². The normalized spacial score (nSPS) is 10.7. The number of ether oxygens (including phenoxy) is 1. The average Bonchev–Trinajstić information content (AvgIpc) is 3.02. The quantitative estimate of drug-likeness (QED) is 0.670. The van der Waals surface area contributed by atoms with Gasteiger partial charge in [0.25, 0.3) is 11.5 Å². The molecule has 0 saturated heterocycles. The molecule has 0 unspecified atom stereocenters. The summed E-state index contributed by atoms with van der Waals surface area (Å²) in [5.41, 5.74) is 0.756. The van der Waals surface area contributed by atoms with Crippen LogP contribution in [0.3, 0.4) is 0 Å². The molecule has 3 rings (SSSR count). The first kappa shape index (κ1) is 16.1. The number of carbonyl (C=O) groups excluding carboxylic acids is 1. The molecule has 0 aliphatic rings. The van der Waals surface area contributed by atoms with Crippen LogP contribution in [0.2, 0.25) is 0 Å². The lowest BCUT2D eigenvalue weighted by molar-refractivity contribution is 0.103. The van der Waals surface area contributed by atoms with Crippen molar-refractivity contribution in [1.29, 1.82) is 0 Å². The monoisotopic (exact) mass is 344 g/mol. The molecule has 0 spiro atoms. The first-order valence-electron chi connectivity index (χ1n) is 7.56. The van der Waals surface area contributed by atoms with Crippen LogP contribution in [0, 0.1) is 0 Å². The Morgan fingerprint density at radius 2 is 2.08 bits per heavy atom. The van der Waals surface area contributed by atoms with E-state index in [9.17, 15) is 9.59 Å². The number of aromatic amines is 1. The molecule has 0 bridgehead atoms. The van der Waals surface area contributed by atoms with Crippen LogP contribution in [-0.2, 0) is 0 Å². The molecule has 1 aromatic carbocycles. The van der Waals surface area contributed by atoms with E-state index in [0.29, 0.717) is 22.7 Å². The fraction of sp³-hybridized carbons (Fsp3) is 0.250. The van der Waals surface area contributed by atoms with Crippen LogP contribution in [0.4, 0.5) is 5.69 Å². The summed E-state index contributed by atoms with van der Waals surface area (Å²) < 4.78 is 9.57. The highest BCUT2D eigenvalue weighted by Crippen LogP contribution is 2.20. The maximum atomic E-state index is 12.4. The Hall–Kier alpha value is -2.74. The van der Waals surface area contributed by atoms with E-state index in [-0.39, 0.29) is 17.0 Å². The minimum atomic E-state index is -0.358. The van der Waals surface area contributed by atoms with E-state index in [2.05, 4.69) is 26.6 Å². The third kappa shape index (κ3) is 3.43. The van der Waals surface area contributed by atoms with Crippen LogP contribution >= 0.6 is 11.5 Å². The van der Waals surface area contributed by atoms with Crippen molar-refractivity contribution in [3.8, 4) is 5.75 Å². The van der Waals surface area contributed by atoms with E-state index < -0.39 is 0 Å². The van der Waals surface area contributed by atoms with Gasteiger partial charge in [-0.15, -0.1) is 0 Å². The van der Waals surface area contributed by atoms with Crippen molar-refractivity contribution in [1.82, 2.24) is 14.3 Å². The predicted molar refractivity (Wildman–Crippen MR) is 92.8 cm³/mol. The van der Waals surface area contributed by atoms with E-state index in [4.69, 9.17) is 4.74 Å². The average molecular weight is 344 g/mol. The molecule has 1 amide bonds. The lowest BCUT2D eigenvalue weighted by Gasteiger charge is -2.07. The molecule has 8 heteroatoms. The molecule has 124 valence electrons. The molecule has 2 N–H and O–H groups in total. The van der Waals surface area contributed by atoms with E-state index in [1.54, 1.807) is 24.3 Å². The Bertz CT molecular complexity index is 902. The summed E-state index contributed by atoms with van der Waals surface area (Å²) in [5.74, 6) is 0.415. The van der Waals surface area contributed by atoms with Gasteiger partial charge in [0.15, 0.2) is 5.52 Å². The van der Waals surface area contributed by atoms with E-state index in [1.807, 2.05) is 0 Å². The van der Waals surface area contributed by atoms with Crippen molar-refractivity contribution in [3.05, 3.63) is 45.8 Å². The zero-order chi connectivity index (χ0) is 16.9. The fourth-order valence-electron chi connectivity index (χ4n) is 2.08. The van der Waals surface area contributed by atoms with Gasteiger partial charge in [0.1, 0.15) is 16.1 Å². The van der Waals surface area contributed by atoms with E-state index in [1.165, 1.54) is 6.33 Å². The molecular weight excluding hydrogens is 328 g/mol. The molecule has 0 aliphatic heterocycles. The highest BCUT2D eigenvalue weighted by atomic mass is 32.1. The maximum absolute atomic E-state index is 12.4. The van der Waals surface area contributed by atoms with Gasteiger partial charge in [0.05, 0.1) is 12.9 Å². The number of hydrogen-bond donors (Lipinski definition) is 2. The largest absolute Gasteiger partial charge is 0.494 e. The Labute approximate surface area is 141 Å². The van der Waals surface area contributed by atoms with Gasteiger partial charge in [-0.3, -0.25) is 9.59 Å². The van der Waals surface area contributed by atoms with Gasteiger partial charge in [0.2, 0.25) is 0 Å². The molecule has 0 saturated carbocycles. The van der Waals surface area contributed by atoms with Crippen molar-refractivity contribution >= 4 is 34.2 Å². The number of aromatic nitrogens is 3. The number of rotatable bonds is 6. The molecule has 0 radical (unpaired) electrons. The number of carbonyl (C=O) groups is 1. The van der Waals surface area contributed by atoms with Crippen molar-refractivity contribution in [2.24, 2.45) is 0 Å². The number of amides is 1. The number of H-pyrrole nitrogens is 1. The van der Waals surface area contributed by atoms with Gasteiger partial charge in [-0.1, -0.05) is 13.3 Å². The molecule has 3 aromatic rings. The highest BCUT2D eigenvalue weighted by molar-refractivity contribution is 7.09. The first-order valence-corrected chi connectivity index (χ1v) is 8.33. The van der Waals surface area contributed by atoms with Crippen LogP contribution in [0.15, 0.2) is 35.4 Å². The lowest BCUT2D eigenvalue weighted by Crippen LogP contribution is -2.12. The zero-order valence-electron chi connectivity index (χ0n) is 13.0. The predicted octanol–water partition coefficient (Wildman–Crippen LogP) is 2.81. The first-order chi connectivity index (χ1) is 11.7. The number of anilines is 1. The molecule has 7 nitrogen and oxygen atoms in total. The Kier molecular flexibility index (Phi) is 4.85. The number of unbranched alkanes of at least 4 members (excludes halogenated alkanes) is 1.